The Morgan fingerprint density at radius 3 is 2.58 bits per heavy atom. The van der Waals surface area contributed by atoms with Crippen LogP contribution < -0.4 is 5.32 Å². The monoisotopic (exact) mass is 322 g/mol. The lowest BCUT2D eigenvalue weighted by atomic mass is 10.00. The third kappa shape index (κ3) is 4.93. The number of nitrogens with one attached hydrogen (secondary N) is 1. The van der Waals surface area contributed by atoms with E-state index >= 15 is 0 Å². The van der Waals surface area contributed by atoms with Crippen molar-refractivity contribution < 1.29 is 4.79 Å². The molecule has 0 bridgehead atoms. The fraction of sp³-hybridized carbons (Fsp3) is 0.381. The summed E-state index contributed by atoms with van der Waals surface area (Å²) in [6, 6.07) is 19.0. The van der Waals surface area contributed by atoms with Crippen molar-refractivity contribution in [3.05, 3.63) is 71.3 Å². The predicted octanol–water partition coefficient (Wildman–Crippen LogP) is 3.18. The van der Waals surface area contributed by atoms with Crippen molar-refractivity contribution in [2.45, 2.75) is 32.2 Å². The summed E-state index contributed by atoms with van der Waals surface area (Å²) >= 11 is 0. The van der Waals surface area contributed by atoms with Crippen molar-refractivity contribution in [1.82, 2.24) is 10.2 Å². The van der Waals surface area contributed by atoms with Crippen LogP contribution in [-0.2, 0) is 24.2 Å². The summed E-state index contributed by atoms with van der Waals surface area (Å²) in [4.78, 5) is 14.4. The van der Waals surface area contributed by atoms with E-state index in [0.717, 1.165) is 45.4 Å². The van der Waals surface area contributed by atoms with E-state index in [0.29, 0.717) is 6.42 Å². The Hall–Kier alpha value is -2.13. The number of carbonyl (C=O) groups is 1. The van der Waals surface area contributed by atoms with Crippen molar-refractivity contribution in [2.75, 3.05) is 19.6 Å². The van der Waals surface area contributed by atoms with Crippen LogP contribution in [0.5, 0.6) is 0 Å². The maximum Gasteiger partial charge on any atom is 0.221 e. The zero-order valence-corrected chi connectivity index (χ0v) is 14.2. The van der Waals surface area contributed by atoms with Gasteiger partial charge in [0, 0.05) is 32.6 Å². The fourth-order valence-corrected chi connectivity index (χ4v) is 3.26. The topological polar surface area (TPSA) is 32.3 Å². The Bertz CT molecular complexity index is 654. The summed E-state index contributed by atoms with van der Waals surface area (Å²) in [7, 11) is 0. The van der Waals surface area contributed by atoms with Crippen molar-refractivity contribution in [1.29, 1.82) is 0 Å². The molecule has 1 heterocycles. The second-order valence-corrected chi connectivity index (χ2v) is 6.48. The van der Waals surface area contributed by atoms with E-state index in [1.165, 1.54) is 16.7 Å². The van der Waals surface area contributed by atoms with Gasteiger partial charge in [-0.15, -0.1) is 0 Å². The number of fused-ring (bicyclic) bond motifs is 1. The van der Waals surface area contributed by atoms with Crippen LogP contribution in [0.3, 0.4) is 0 Å². The predicted molar refractivity (Wildman–Crippen MR) is 97.8 cm³/mol. The summed E-state index contributed by atoms with van der Waals surface area (Å²) in [5, 5.41) is 3.05. The molecule has 1 amide bonds. The standard InChI is InChI=1S/C21H26N2O/c24-21(22-14-6-9-18-7-2-1-3-8-18)13-16-23-15-12-19-10-4-5-11-20(19)17-23/h1-5,7-8,10-11H,6,9,12-17H2,(H,22,24). The van der Waals surface area contributed by atoms with Crippen molar-refractivity contribution in [3.8, 4) is 0 Å². The summed E-state index contributed by atoms with van der Waals surface area (Å²) in [6.07, 6.45) is 3.69. The smallest absolute Gasteiger partial charge is 0.221 e. The van der Waals surface area contributed by atoms with Crippen LogP contribution in [0.4, 0.5) is 0 Å². The van der Waals surface area contributed by atoms with Crippen LogP contribution in [0, 0.1) is 0 Å². The van der Waals surface area contributed by atoms with E-state index in [1.54, 1.807) is 0 Å². The molecule has 126 valence electrons. The third-order valence-corrected chi connectivity index (χ3v) is 4.67. The summed E-state index contributed by atoms with van der Waals surface area (Å²) in [5.41, 5.74) is 4.20. The molecule has 3 heteroatoms. The highest BCUT2D eigenvalue weighted by atomic mass is 16.1. The third-order valence-electron chi connectivity index (χ3n) is 4.67. The van der Waals surface area contributed by atoms with Gasteiger partial charge in [0.05, 0.1) is 0 Å². The number of aryl methyl sites for hydroxylation is 1. The van der Waals surface area contributed by atoms with Crippen LogP contribution in [0.2, 0.25) is 0 Å². The first-order valence-corrected chi connectivity index (χ1v) is 8.91. The van der Waals surface area contributed by atoms with Crippen LogP contribution >= 0.6 is 0 Å². The Labute approximate surface area is 144 Å². The van der Waals surface area contributed by atoms with E-state index in [-0.39, 0.29) is 5.91 Å². The lowest BCUT2D eigenvalue weighted by Gasteiger charge is -2.28. The number of nitrogens with zero attached hydrogens (tertiary/aromatic N) is 1. The quantitative estimate of drug-likeness (QED) is 0.794. The zero-order valence-electron chi connectivity index (χ0n) is 14.2. The first-order valence-electron chi connectivity index (χ1n) is 8.91. The molecule has 3 nitrogen and oxygen atoms in total. The SMILES string of the molecule is O=C(CCN1CCc2ccccc2C1)NCCCc1ccccc1. The Kier molecular flexibility index (Phi) is 6.02. The zero-order chi connectivity index (χ0) is 16.6. The lowest BCUT2D eigenvalue weighted by Crippen LogP contribution is -2.34. The van der Waals surface area contributed by atoms with Gasteiger partial charge in [0.15, 0.2) is 0 Å². The van der Waals surface area contributed by atoms with Crippen LogP contribution in [0.15, 0.2) is 54.6 Å². The largest absolute Gasteiger partial charge is 0.356 e. The molecule has 24 heavy (non-hydrogen) atoms. The van der Waals surface area contributed by atoms with Gasteiger partial charge >= 0.3 is 0 Å². The molecular weight excluding hydrogens is 296 g/mol. The van der Waals surface area contributed by atoms with E-state index < -0.39 is 0 Å². The Morgan fingerprint density at radius 1 is 1.00 bits per heavy atom. The molecule has 0 unspecified atom stereocenters. The number of carbonyl (C=O) groups excluding carboxylic acids is 1. The van der Waals surface area contributed by atoms with Gasteiger partial charge in [-0.2, -0.15) is 0 Å². The molecule has 2 aromatic carbocycles. The van der Waals surface area contributed by atoms with E-state index in [4.69, 9.17) is 0 Å². The second kappa shape index (κ2) is 8.65. The summed E-state index contributed by atoms with van der Waals surface area (Å²) in [6.45, 7) is 3.63. The van der Waals surface area contributed by atoms with Crippen LogP contribution in [0.1, 0.15) is 29.5 Å². The minimum atomic E-state index is 0.168. The second-order valence-electron chi connectivity index (χ2n) is 6.48. The fourth-order valence-electron chi connectivity index (χ4n) is 3.26. The summed E-state index contributed by atoms with van der Waals surface area (Å²) < 4.78 is 0. The molecule has 0 saturated carbocycles. The average molecular weight is 322 g/mol. The van der Waals surface area contributed by atoms with Crippen LogP contribution in [-0.4, -0.2) is 30.4 Å². The van der Waals surface area contributed by atoms with Crippen molar-refractivity contribution >= 4 is 5.91 Å². The van der Waals surface area contributed by atoms with Gasteiger partial charge in [-0.05, 0) is 36.0 Å². The first-order chi connectivity index (χ1) is 11.8. The van der Waals surface area contributed by atoms with Gasteiger partial charge < -0.3 is 5.32 Å². The van der Waals surface area contributed by atoms with Gasteiger partial charge in [-0.3, -0.25) is 9.69 Å². The Balaban J connectivity index is 1.32. The molecular formula is C21H26N2O. The maximum absolute atomic E-state index is 12.0. The van der Waals surface area contributed by atoms with Gasteiger partial charge in [0.2, 0.25) is 5.91 Å². The molecule has 2 aromatic rings. The molecule has 0 spiro atoms. The van der Waals surface area contributed by atoms with Crippen molar-refractivity contribution in [2.24, 2.45) is 0 Å². The highest BCUT2D eigenvalue weighted by molar-refractivity contribution is 5.76. The number of rotatable bonds is 7. The molecule has 0 fully saturated rings. The molecule has 1 aliphatic heterocycles. The van der Waals surface area contributed by atoms with Gasteiger partial charge in [0.25, 0.3) is 0 Å². The lowest BCUT2D eigenvalue weighted by molar-refractivity contribution is -0.121. The normalized spacial score (nSPS) is 14.2. The Morgan fingerprint density at radius 2 is 1.75 bits per heavy atom. The van der Waals surface area contributed by atoms with E-state index in [9.17, 15) is 4.79 Å². The average Bonchev–Trinajstić information content (AvgIpc) is 2.64. The van der Waals surface area contributed by atoms with Crippen LogP contribution in [0.25, 0.3) is 0 Å². The van der Waals surface area contributed by atoms with E-state index in [2.05, 4.69) is 58.7 Å². The molecule has 1 aliphatic rings. The maximum atomic E-state index is 12.0. The highest BCUT2D eigenvalue weighted by Crippen LogP contribution is 2.18. The van der Waals surface area contributed by atoms with Gasteiger partial charge in [-0.25, -0.2) is 0 Å². The number of hydrogen-bond acceptors (Lipinski definition) is 2. The molecule has 0 radical (unpaired) electrons. The van der Waals surface area contributed by atoms with Crippen molar-refractivity contribution in [3.63, 3.8) is 0 Å². The number of amides is 1. The molecule has 0 aliphatic carbocycles. The number of benzene rings is 2. The molecule has 0 aromatic heterocycles. The highest BCUT2D eigenvalue weighted by Gasteiger charge is 2.16. The molecule has 0 atom stereocenters. The minimum absolute atomic E-state index is 0.168. The first kappa shape index (κ1) is 16.7. The number of hydrogen-bond donors (Lipinski definition) is 1. The molecule has 3 rings (SSSR count). The van der Waals surface area contributed by atoms with Gasteiger partial charge in [0.1, 0.15) is 0 Å². The summed E-state index contributed by atoms with van der Waals surface area (Å²) in [5.74, 6) is 0.168. The van der Waals surface area contributed by atoms with E-state index in [1.807, 2.05) is 6.07 Å². The molecule has 0 saturated heterocycles. The minimum Gasteiger partial charge on any atom is -0.356 e. The molecule has 1 N–H and O–H groups in total. The van der Waals surface area contributed by atoms with Gasteiger partial charge in [-0.1, -0.05) is 54.6 Å².